The molecule has 4 nitrogen and oxygen atoms in total. The minimum absolute atomic E-state index is 0.216. The van der Waals surface area contributed by atoms with Crippen LogP contribution in [0.1, 0.15) is 12.6 Å². The Balaban J connectivity index is 2.21. The molecule has 0 radical (unpaired) electrons. The number of hydrogen-bond donors (Lipinski definition) is 0. The van der Waals surface area contributed by atoms with Crippen LogP contribution in [0.15, 0.2) is 12.1 Å². The molecule has 0 saturated carbocycles. The van der Waals surface area contributed by atoms with Gasteiger partial charge in [-0.25, -0.2) is 13.5 Å². The van der Waals surface area contributed by atoms with Gasteiger partial charge in [-0.3, -0.25) is 0 Å². The Bertz CT molecular complexity index is 712. The lowest BCUT2D eigenvalue weighted by molar-refractivity contribution is 0.0813. The van der Waals surface area contributed by atoms with Crippen molar-refractivity contribution in [3.05, 3.63) is 29.5 Å². The molecule has 1 aromatic carbocycles. The fraction of sp³-hybridized carbons (Fsp3) is 0.611. The second-order valence-electron chi connectivity index (χ2n) is 7.72. The van der Waals surface area contributed by atoms with Crippen molar-refractivity contribution in [2.45, 2.75) is 45.8 Å². The fourth-order valence-electron chi connectivity index (χ4n) is 2.56. The zero-order valence-corrected chi connectivity index (χ0v) is 16.9. The van der Waals surface area contributed by atoms with Gasteiger partial charge in [0.25, 0.3) is 0 Å². The third kappa shape index (κ3) is 5.59. The summed E-state index contributed by atoms with van der Waals surface area (Å²) in [7, 11) is 0.837. The zero-order chi connectivity index (χ0) is 18.6. The molecule has 0 saturated heterocycles. The highest BCUT2D eigenvalue weighted by atomic mass is 28.3. The van der Waals surface area contributed by atoms with Crippen molar-refractivity contribution in [3.63, 3.8) is 0 Å². The molecule has 0 fully saturated rings. The molecule has 140 valence electrons. The van der Waals surface area contributed by atoms with E-state index >= 15 is 0 Å². The van der Waals surface area contributed by atoms with Crippen molar-refractivity contribution in [1.29, 1.82) is 0 Å². The van der Waals surface area contributed by atoms with Crippen LogP contribution >= 0.6 is 0 Å². The van der Waals surface area contributed by atoms with Crippen LogP contribution in [0.25, 0.3) is 10.9 Å². The molecule has 0 N–H and O–H groups in total. The van der Waals surface area contributed by atoms with Crippen LogP contribution in [0.2, 0.25) is 25.7 Å². The Hall–Kier alpha value is -1.31. The van der Waals surface area contributed by atoms with Gasteiger partial charge in [0, 0.05) is 39.8 Å². The largest absolute Gasteiger partial charge is 0.360 e. The van der Waals surface area contributed by atoms with E-state index in [-0.39, 0.29) is 6.73 Å². The summed E-state index contributed by atoms with van der Waals surface area (Å²) in [5, 5.41) is 4.90. The van der Waals surface area contributed by atoms with Crippen molar-refractivity contribution in [1.82, 2.24) is 14.7 Å². The van der Waals surface area contributed by atoms with Gasteiger partial charge in [0.1, 0.15) is 18.4 Å². The molecule has 0 amide bonds. The predicted octanol–water partition coefficient (Wildman–Crippen LogP) is 4.12. The predicted molar refractivity (Wildman–Crippen MR) is 101 cm³/mol. The fourth-order valence-corrected chi connectivity index (χ4v) is 3.31. The van der Waals surface area contributed by atoms with E-state index in [1.165, 1.54) is 6.07 Å². The van der Waals surface area contributed by atoms with Crippen LogP contribution in [0.4, 0.5) is 8.78 Å². The van der Waals surface area contributed by atoms with Crippen molar-refractivity contribution >= 4 is 19.0 Å². The number of nitrogens with zero attached hydrogens (tertiary/aromatic N) is 3. The summed E-state index contributed by atoms with van der Waals surface area (Å²) in [6.07, 6.45) is 0.616. The van der Waals surface area contributed by atoms with Crippen LogP contribution in [-0.4, -0.2) is 49.5 Å². The van der Waals surface area contributed by atoms with E-state index in [0.717, 1.165) is 25.2 Å². The van der Waals surface area contributed by atoms with Gasteiger partial charge in [-0.1, -0.05) is 26.6 Å². The van der Waals surface area contributed by atoms with E-state index in [9.17, 15) is 8.78 Å². The molecule has 0 atom stereocenters. The van der Waals surface area contributed by atoms with E-state index in [0.29, 0.717) is 29.6 Å². The van der Waals surface area contributed by atoms with E-state index in [1.54, 1.807) is 4.68 Å². The van der Waals surface area contributed by atoms with Gasteiger partial charge in [-0.15, -0.1) is 0 Å². The number of ether oxygens (including phenoxy) is 1. The van der Waals surface area contributed by atoms with Gasteiger partial charge < -0.3 is 9.64 Å². The van der Waals surface area contributed by atoms with Gasteiger partial charge in [0.2, 0.25) is 0 Å². The Morgan fingerprint density at radius 3 is 2.60 bits per heavy atom. The SMILES string of the molecule is CCN(C)CCc1nn(COCC[Si](C)(C)C)c2cc(F)cc(F)c12. The Kier molecular flexibility index (Phi) is 6.70. The highest BCUT2D eigenvalue weighted by molar-refractivity contribution is 6.76. The lowest BCUT2D eigenvalue weighted by atomic mass is 10.1. The maximum atomic E-state index is 14.3. The lowest BCUT2D eigenvalue weighted by Gasteiger charge is -2.15. The Morgan fingerprint density at radius 1 is 1.24 bits per heavy atom. The molecule has 0 aliphatic heterocycles. The second kappa shape index (κ2) is 8.38. The molecular weight excluding hydrogens is 340 g/mol. The van der Waals surface area contributed by atoms with E-state index < -0.39 is 19.7 Å². The van der Waals surface area contributed by atoms with Gasteiger partial charge in [-0.2, -0.15) is 5.10 Å². The van der Waals surface area contributed by atoms with E-state index in [4.69, 9.17) is 4.74 Å². The average Bonchev–Trinajstić information content (AvgIpc) is 2.86. The molecule has 0 unspecified atom stereocenters. The minimum atomic E-state index is -1.17. The highest BCUT2D eigenvalue weighted by Gasteiger charge is 2.17. The molecule has 2 rings (SSSR count). The summed E-state index contributed by atoms with van der Waals surface area (Å²) in [6, 6.07) is 3.30. The number of aromatic nitrogens is 2. The first-order chi connectivity index (χ1) is 11.7. The quantitative estimate of drug-likeness (QED) is 0.492. The minimum Gasteiger partial charge on any atom is -0.360 e. The maximum Gasteiger partial charge on any atom is 0.140 e. The molecule has 25 heavy (non-hydrogen) atoms. The van der Waals surface area contributed by atoms with E-state index in [2.05, 4.69) is 36.6 Å². The molecule has 0 bridgehead atoms. The zero-order valence-electron chi connectivity index (χ0n) is 15.9. The molecule has 7 heteroatoms. The second-order valence-corrected chi connectivity index (χ2v) is 13.3. The van der Waals surface area contributed by atoms with E-state index in [1.807, 2.05) is 7.05 Å². The summed E-state index contributed by atoms with van der Waals surface area (Å²) in [4.78, 5) is 2.14. The first-order valence-corrected chi connectivity index (χ1v) is 12.5. The number of rotatable bonds is 9. The molecule has 0 aliphatic rings. The van der Waals surface area contributed by atoms with Gasteiger partial charge in [0.05, 0.1) is 16.6 Å². The highest BCUT2D eigenvalue weighted by Crippen LogP contribution is 2.24. The number of benzene rings is 1. The molecular formula is C18H29F2N3OSi. The van der Waals surface area contributed by atoms with Crippen molar-refractivity contribution in [3.8, 4) is 0 Å². The summed E-state index contributed by atoms with van der Waals surface area (Å²) in [6.45, 7) is 11.5. The molecule has 2 aromatic rings. The van der Waals surface area contributed by atoms with Gasteiger partial charge in [0.15, 0.2) is 0 Å². The topological polar surface area (TPSA) is 30.3 Å². The van der Waals surface area contributed by atoms with Crippen LogP contribution in [-0.2, 0) is 17.9 Å². The van der Waals surface area contributed by atoms with Crippen molar-refractivity contribution in [2.75, 3.05) is 26.7 Å². The monoisotopic (exact) mass is 369 g/mol. The molecule has 0 aliphatic carbocycles. The Morgan fingerprint density at radius 2 is 1.96 bits per heavy atom. The standard InChI is InChI=1S/C18H29F2N3OSi/c1-6-22(2)8-7-16-18-15(20)11-14(19)12-17(18)23(21-16)13-24-9-10-25(3,4)5/h11-12H,6-10,13H2,1-5H3. The third-order valence-electron chi connectivity index (χ3n) is 4.32. The number of fused-ring (bicyclic) bond motifs is 1. The number of likely N-dealkylation sites (N-methyl/N-ethyl adjacent to an activating group) is 1. The first-order valence-electron chi connectivity index (χ1n) is 8.82. The maximum absolute atomic E-state index is 14.3. The molecule has 1 heterocycles. The van der Waals surface area contributed by atoms with Crippen molar-refractivity contribution < 1.29 is 13.5 Å². The van der Waals surface area contributed by atoms with Crippen LogP contribution in [0.5, 0.6) is 0 Å². The third-order valence-corrected chi connectivity index (χ3v) is 6.03. The van der Waals surface area contributed by atoms with Crippen LogP contribution in [0, 0.1) is 11.6 Å². The van der Waals surface area contributed by atoms with Gasteiger partial charge in [-0.05, 0) is 19.6 Å². The molecule has 1 aromatic heterocycles. The summed E-state index contributed by atoms with van der Waals surface area (Å²) < 4.78 is 35.3. The summed E-state index contributed by atoms with van der Waals surface area (Å²) >= 11 is 0. The van der Waals surface area contributed by atoms with Gasteiger partial charge >= 0.3 is 0 Å². The Labute approximate surface area is 149 Å². The number of hydrogen-bond acceptors (Lipinski definition) is 3. The van der Waals surface area contributed by atoms with Crippen LogP contribution in [0.3, 0.4) is 0 Å². The van der Waals surface area contributed by atoms with Crippen LogP contribution < -0.4 is 0 Å². The smallest absolute Gasteiger partial charge is 0.140 e. The molecule has 0 spiro atoms. The summed E-state index contributed by atoms with van der Waals surface area (Å²) in [5.74, 6) is -1.15. The normalized spacial score (nSPS) is 12.5. The summed E-state index contributed by atoms with van der Waals surface area (Å²) in [5.41, 5.74) is 1.11. The average molecular weight is 370 g/mol. The first kappa shape index (κ1) is 20.0. The van der Waals surface area contributed by atoms with Crippen molar-refractivity contribution in [2.24, 2.45) is 0 Å². The number of halogens is 2. The lowest BCUT2D eigenvalue weighted by Crippen LogP contribution is -2.22.